The molecule has 3 rings (SSSR count). The lowest BCUT2D eigenvalue weighted by Gasteiger charge is -2.42. The van der Waals surface area contributed by atoms with Crippen LogP contribution in [0.25, 0.3) is 0 Å². The van der Waals surface area contributed by atoms with E-state index >= 15 is 0 Å². The van der Waals surface area contributed by atoms with E-state index in [4.69, 9.17) is 9.47 Å². The predicted molar refractivity (Wildman–Crippen MR) is 125 cm³/mol. The Hall–Kier alpha value is -2.38. The molecule has 0 spiro atoms. The molecule has 0 radical (unpaired) electrons. The summed E-state index contributed by atoms with van der Waals surface area (Å²) in [5, 5.41) is 0. The molecule has 0 N–H and O–H groups in total. The van der Waals surface area contributed by atoms with Crippen molar-refractivity contribution in [3.63, 3.8) is 0 Å². The Kier molecular flexibility index (Phi) is 7.30. The van der Waals surface area contributed by atoms with E-state index in [1.807, 2.05) is 51.1 Å². The van der Waals surface area contributed by atoms with Crippen molar-refractivity contribution in [2.24, 2.45) is 0 Å². The lowest BCUT2D eigenvalue weighted by Crippen LogP contribution is -2.55. The summed E-state index contributed by atoms with van der Waals surface area (Å²) in [6.45, 7) is 9.06. The Balaban J connectivity index is 1.98. The quantitative estimate of drug-likeness (QED) is 0.584. The summed E-state index contributed by atoms with van der Waals surface area (Å²) in [5.74, 6) is 0.133. The first-order chi connectivity index (χ1) is 15.0. The number of rotatable bonds is 7. The summed E-state index contributed by atoms with van der Waals surface area (Å²) < 4.78 is 36.7. The van der Waals surface area contributed by atoms with E-state index < -0.39 is 20.6 Å². The molecule has 1 aliphatic rings. The van der Waals surface area contributed by atoms with Gasteiger partial charge in [-0.05, 0) is 51.0 Å². The van der Waals surface area contributed by atoms with Crippen molar-refractivity contribution in [3.05, 3.63) is 65.7 Å². The van der Waals surface area contributed by atoms with Crippen LogP contribution in [0.1, 0.15) is 45.2 Å². The third-order valence-electron chi connectivity index (χ3n) is 5.54. The Morgan fingerprint density at radius 2 is 1.72 bits per heavy atom. The molecule has 0 bridgehead atoms. The molecule has 6 nitrogen and oxygen atoms in total. The van der Waals surface area contributed by atoms with Crippen molar-refractivity contribution < 1.29 is 22.7 Å². The van der Waals surface area contributed by atoms with Crippen molar-refractivity contribution in [2.75, 3.05) is 25.4 Å². The predicted octanol–water partition coefficient (Wildman–Crippen LogP) is 3.94. The summed E-state index contributed by atoms with van der Waals surface area (Å²) in [6.07, 6.45) is -0.214. The zero-order valence-electron chi connectivity index (χ0n) is 19.3. The lowest BCUT2D eigenvalue weighted by molar-refractivity contribution is -0.144. The van der Waals surface area contributed by atoms with Crippen molar-refractivity contribution in [3.8, 4) is 5.75 Å². The van der Waals surface area contributed by atoms with Gasteiger partial charge >= 0.3 is 5.97 Å². The van der Waals surface area contributed by atoms with Gasteiger partial charge < -0.3 is 9.47 Å². The second kappa shape index (κ2) is 9.63. The molecule has 1 heterocycles. The standard InChI is InChI=1S/C25H33NO5S/c1-5-30-23(27)17-25(21-11-13-22(14-12-21)31-24(2,3)4)19-26(15-16-32(25,28)29)18-20-9-7-6-8-10-20/h6-14H,5,15-19H2,1-4H3. The highest BCUT2D eigenvalue weighted by molar-refractivity contribution is 7.92. The molecule has 0 saturated carbocycles. The topological polar surface area (TPSA) is 72.9 Å². The number of carbonyl (C=O) groups excluding carboxylic acids is 1. The smallest absolute Gasteiger partial charge is 0.307 e. The number of hydrogen-bond donors (Lipinski definition) is 0. The molecule has 2 aromatic carbocycles. The van der Waals surface area contributed by atoms with E-state index in [1.165, 1.54) is 0 Å². The number of ether oxygens (including phenoxy) is 2. The van der Waals surface area contributed by atoms with Crippen molar-refractivity contribution in [1.82, 2.24) is 4.90 Å². The highest BCUT2D eigenvalue weighted by Crippen LogP contribution is 2.40. The maximum atomic E-state index is 13.5. The summed E-state index contributed by atoms with van der Waals surface area (Å²) in [6, 6.07) is 17.0. The Bertz CT molecular complexity index is 1010. The largest absolute Gasteiger partial charge is 0.488 e. The highest BCUT2D eigenvalue weighted by atomic mass is 32.2. The zero-order chi connectivity index (χ0) is 23.4. The van der Waals surface area contributed by atoms with Crippen LogP contribution < -0.4 is 4.74 Å². The van der Waals surface area contributed by atoms with Crippen LogP contribution in [0.3, 0.4) is 0 Å². The van der Waals surface area contributed by atoms with Crippen molar-refractivity contribution in [2.45, 2.75) is 51.0 Å². The van der Waals surface area contributed by atoms with Gasteiger partial charge in [-0.25, -0.2) is 8.42 Å². The average molecular weight is 460 g/mol. The molecule has 32 heavy (non-hydrogen) atoms. The van der Waals surface area contributed by atoms with E-state index in [0.29, 0.717) is 24.4 Å². The minimum Gasteiger partial charge on any atom is -0.488 e. The average Bonchev–Trinajstić information content (AvgIpc) is 2.71. The second-order valence-electron chi connectivity index (χ2n) is 9.23. The van der Waals surface area contributed by atoms with Crippen LogP contribution in [0, 0.1) is 0 Å². The van der Waals surface area contributed by atoms with E-state index in [9.17, 15) is 13.2 Å². The molecule has 1 fully saturated rings. The maximum Gasteiger partial charge on any atom is 0.307 e. The van der Waals surface area contributed by atoms with Gasteiger partial charge in [-0.2, -0.15) is 0 Å². The SMILES string of the molecule is CCOC(=O)CC1(c2ccc(OC(C)(C)C)cc2)CN(Cc2ccccc2)CCS1(=O)=O. The third-order valence-corrected chi connectivity index (χ3v) is 7.96. The van der Waals surface area contributed by atoms with Crippen molar-refractivity contribution in [1.29, 1.82) is 0 Å². The molecule has 2 aromatic rings. The molecular formula is C25H33NO5S. The van der Waals surface area contributed by atoms with Crippen LogP contribution >= 0.6 is 0 Å². The van der Waals surface area contributed by atoms with Gasteiger partial charge in [0, 0.05) is 19.6 Å². The minimum atomic E-state index is -3.61. The van der Waals surface area contributed by atoms with E-state index in [1.54, 1.807) is 31.2 Å². The van der Waals surface area contributed by atoms with E-state index in [0.717, 1.165) is 5.56 Å². The normalized spacial score (nSPS) is 21.1. The zero-order valence-corrected chi connectivity index (χ0v) is 20.2. The van der Waals surface area contributed by atoms with Crippen molar-refractivity contribution >= 4 is 15.8 Å². The van der Waals surface area contributed by atoms with Gasteiger partial charge in [0.25, 0.3) is 0 Å². The first-order valence-electron chi connectivity index (χ1n) is 11.0. The van der Waals surface area contributed by atoms with E-state index in [-0.39, 0.29) is 30.9 Å². The number of sulfone groups is 1. The van der Waals surface area contributed by atoms with Crippen LogP contribution in [-0.4, -0.2) is 50.3 Å². The minimum absolute atomic E-state index is 0.0144. The molecule has 0 aliphatic carbocycles. The first kappa shape index (κ1) is 24.3. The van der Waals surface area contributed by atoms with Crippen LogP contribution in [-0.2, 0) is 30.7 Å². The fourth-order valence-corrected chi connectivity index (χ4v) is 6.23. The fourth-order valence-electron chi connectivity index (χ4n) is 4.12. The summed E-state index contributed by atoms with van der Waals surface area (Å²) >= 11 is 0. The van der Waals surface area contributed by atoms with Gasteiger partial charge in [0.1, 0.15) is 16.1 Å². The Morgan fingerprint density at radius 1 is 1.06 bits per heavy atom. The number of hydrogen-bond acceptors (Lipinski definition) is 6. The lowest BCUT2D eigenvalue weighted by atomic mass is 9.93. The van der Waals surface area contributed by atoms with Crippen LogP contribution in [0.15, 0.2) is 54.6 Å². The number of nitrogens with zero attached hydrogens (tertiary/aromatic N) is 1. The highest BCUT2D eigenvalue weighted by Gasteiger charge is 2.51. The molecule has 1 atom stereocenters. The molecule has 0 amide bonds. The van der Waals surface area contributed by atoms with E-state index in [2.05, 4.69) is 4.90 Å². The molecule has 1 saturated heterocycles. The third kappa shape index (κ3) is 5.70. The van der Waals surface area contributed by atoms with Gasteiger partial charge in [0.05, 0.1) is 18.8 Å². The second-order valence-corrected chi connectivity index (χ2v) is 11.6. The number of benzene rings is 2. The molecule has 174 valence electrons. The molecule has 0 aromatic heterocycles. The fraction of sp³-hybridized carbons (Fsp3) is 0.480. The van der Waals surface area contributed by atoms with Crippen LogP contribution in [0.2, 0.25) is 0 Å². The number of esters is 1. The van der Waals surface area contributed by atoms with Crippen LogP contribution in [0.4, 0.5) is 0 Å². The Labute approximate surface area is 191 Å². The van der Waals surface area contributed by atoms with Gasteiger partial charge in [-0.3, -0.25) is 9.69 Å². The molecule has 1 unspecified atom stereocenters. The maximum absolute atomic E-state index is 13.5. The summed E-state index contributed by atoms with van der Waals surface area (Å²) in [7, 11) is -3.61. The molecular weight excluding hydrogens is 426 g/mol. The van der Waals surface area contributed by atoms with Gasteiger partial charge in [0.2, 0.25) is 0 Å². The number of carbonyl (C=O) groups is 1. The van der Waals surface area contributed by atoms with Gasteiger partial charge in [-0.1, -0.05) is 42.5 Å². The Morgan fingerprint density at radius 3 is 2.31 bits per heavy atom. The van der Waals surface area contributed by atoms with Gasteiger partial charge in [-0.15, -0.1) is 0 Å². The first-order valence-corrected chi connectivity index (χ1v) is 12.6. The monoisotopic (exact) mass is 459 g/mol. The summed E-state index contributed by atoms with van der Waals surface area (Å²) in [4.78, 5) is 14.7. The molecule has 1 aliphatic heterocycles. The van der Waals surface area contributed by atoms with Crippen LogP contribution in [0.5, 0.6) is 5.75 Å². The van der Waals surface area contributed by atoms with Gasteiger partial charge in [0.15, 0.2) is 9.84 Å². The molecule has 7 heteroatoms. The summed E-state index contributed by atoms with van der Waals surface area (Å²) in [5.41, 5.74) is 1.32.